The summed E-state index contributed by atoms with van der Waals surface area (Å²) in [6, 6.07) is 0.646. The monoisotopic (exact) mass is 437 g/mol. The summed E-state index contributed by atoms with van der Waals surface area (Å²) < 4.78 is 19.8. The molecule has 0 aliphatic carbocycles. The molecule has 10 heteroatoms. The minimum atomic E-state index is -2.89. The third-order valence-electron chi connectivity index (χ3n) is 2.92. The molecule has 0 aromatic carbocycles. The Balaban J connectivity index is 5.49. The van der Waals surface area contributed by atoms with Crippen LogP contribution in [0.1, 0.15) is 6.42 Å². The number of carbonyl (C=O) groups is 1. The summed E-state index contributed by atoms with van der Waals surface area (Å²) in [4.78, 5) is 12.7. The van der Waals surface area contributed by atoms with Crippen LogP contribution >= 0.6 is 0 Å². The Morgan fingerprint density at radius 3 is 1.58 bits per heavy atom. The van der Waals surface area contributed by atoms with Crippen LogP contribution in [0, 0.1) is 0 Å². The van der Waals surface area contributed by atoms with E-state index in [-0.39, 0.29) is 0 Å². The highest BCUT2D eigenvalue weighted by molar-refractivity contribution is 6.90. The van der Waals surface area contributed by atoms with Crippen LogP contribution in [0.5, 0.6) is 0 Å². The van der Waals surface area contributed by atoms with Crippen molar-refractivity contribution in [2.24, 2.45) is 0 Å². The maximum atomic E-state index is 11.3. The fourth-order valence-electron chi connectivity index (χ4n) is 2.52. The highest BCUT2D eigenvalue weighted by Crippen LogP contribution is 2.30. The molecule has 6 nitrogen and oxygen atoms in total. The summed E-state index contributed by atoms with van der Waals surface area (Å²) in [5.74, 6) is 0. The molecule has 0 aliphatic rings. The maximum Gasteiger partial charge on any atom is 0.469 e. The van der Waals surface area contributed by atoms with Crippen molar-refractivity contribution in [1.82, 2.24) is 4.90 Å². The summed E-state index contributed by atoms with van der Waals surface area (Å²) >= 11 is 0. The van der Waals surface area contributed by atoms with Crippen LogP contribution < -0.4 is 0 Å². The molecule has 0 aromatic rings. The Labute approximate surface area is 164 Å². The van der Waals surface area contributed by atoms with Crippen LogP contribution in [0.3, 0.4) is 0 Å². The van der Waals surface area contributed by atoms with Gasteiger partial charge in [-0.25, -0.2) is 4.79 Å². The zero-order chi connectivity index (χ0) is 20.8. The number of amides is 1. The largest absolute Gasteiger partial charge is 0.469 e. The minimum Gasteiger partial charge on any atom is -0.465 e. The van der Waals surface area contributed by atoms with E-state index in [1.54, 1.807) is 6.08 Å². The van der Waals surface area contributed by atoms with Gasteiger partial charge in [0.1, 0.15) is 0 Å². The Morgan fingerprint density at radius 2 is 1.31 bits per heavy atom. The molecule has 1 N–H and O–H groups in total. The lowest BCUT2D eigenvalue weighted by molar-refractivity contribution is 0.149. The van der Waals surface area contributed by atoms with E-state index in [4.69, 9.17) is 12.3 Å². The molecule has 0 aromatic heterocycles. The average Bonchev–Trinajstić information content (AvgIpc) is 2.30. The molecule has 0 aliphatic heterocycles. The zero-order valence-electron chi connectivity index (χ0n) is 18.1. The first-order valence-corrected chi connectivity index (χ1v) is 21.3. The number of hydrogen-bond acceptors (Lipinski definition) is 4. The van der Waals surface area contributed by atoms with Crippen molar-refractivity contribution in [3.63, 3.8) is 0 Å². The van der Waals surface area contributed by atoms with E-state index in [9.17, 15) is 9.90 Å². The molecular formula is C16H39NO5Si4. The van der Waals surface area contributed by atoms with Crippen molar-refractivity contribution in [1.29, 1.82) is 0 Å². The number of rotatable bonds is 12. The van der Waals surface area contributed by atoms with Crippen molar-refractivity contribution in [2.45, 2.75) is 71.4 Å². The molecule has 0 atom stereocenters. The smallest absolute Gasteiger partial charge is 0.465 e. The van der Waals surface area contributed by atoms with Gasteiger partial charge in [-0.05, 0) is 65.3 Å². The second kappa shape index (κ2) is 9.80. The molecule has 154 valence electrons. The van der Waals surface area contributed by atoms with Crippen LogP contribution in [-0.2, 0) is 12.3 Å². The molecule has 0 spiro atoms. The molecule has 0 radical (unpaired) electrons. The quantitative estimate of drug-likeness (QED) is 0.342. The molecular weight excluding hydrogens is 399 g/mol. The van der Waals surface area contributed by atoms with Gasteiger partial charge in [0.05, 0.1) is 0 Å². The van der Waals surface area contributed by atoms with Gasteiger partial charge in [0.15, 0.2) is 25.0 Å². The van der Waals surface area contributed by atoms with Gasteiger partial charge in [-0.3, -0.25) is 0 Å². The van der Waals surface area contributed by atoms with Crippen LogP contribution in [0.25, 0.3) is 0 Å². The van der Waals surface area contributed by atoms with E-state index in [0.717, 1.165) is 0 Å². The minimum absolute atomic E-state index is 0.322. The van der Waals surface area contributed by atoms with Gasteiger partial charge >= 0.3 is 14.9 Å². The van der Waals surface area contributed by atoms with Gasteiger partial charge in [-0.2, -0.15) is 0 Å². The Kier molecular flexibility index (Phi) is 9.71. The molecule has 0 unspecified atom stereocenters. The molecule has 0 saturated heterocycles. The van der Waals surface area contributed by atoms with E-state index in [1.807, 2.05) is 0 Å². The number of nitrogens with zero attached hydrogens (tertiary/aromatic N) is 1. The van der Waals surface area contributed by atoms with Gasteiger partial charge in [0.2, 0.25) is 0 Å². The number of carboxylic acid groups (broad SMARTS) is 1. The third-order valence-corrected chi connectivity index (χ3v) is 15.0. The molecule has 0 fully saturated rings. The normalized spacial score (nSPS) is 13.6. The molecule has 26 heavy (non-hydrogen) atoms. The number of hydrogen-bond donors (Lipinski definition) is 1. The standard InChI is InChI=1S/C16H39NO5Si4/c1-11-13-17(16(18)19)14-12-15-26(20-23(2,3)4,21-24(5,6)7)22-25(8,9)10/h11H,1,12-15H2,2-10H3,(H,18,19). The first-order valence-electron chi connectivity index (χ1n) is 9.18. The summed E-state index contributed by atoms with van der Waals surface area (Å²) in [5, 5.41) is 9.31. The lowest BCUT2D eigenvalue weighted by atomic mass is 10.4. The Morgan fingerprint density at radius 1 is 0.923 bits per heavy atom. The van der Waals surface area contributed by atoms with E-state index in [2.05, 4.69) is 65.5 Å². The van der Waals surface area contributed by atoms with Crippen molar-refractivity contribution in [3.8, 4) is 0 Å². The van der Waals surface area contributed by atoms with Gasteiger partial charge in [-0.1, -0.05) is 6.08 Å². The first kappa shape index (κ1) is 25.8. The van der Waals surface area contributed by atoms with E-state index in [0.29, 0.717) is 25.6 Å². The zero-order valence-corrected chi connectivity index (χ0v) is 22.1. The SMILES string of the molecule is C=CCN(CCC[Si](O[Si](C)(C)C)(O[Si](C)(C)C)O[Si](C)(C)C)C(=O)O. The van der Waals surface area contributed by atoms with Crippen LogP contribution in [0.2, 0.25) is 65.0 Å². The molecule has 0 bridgehead atoms. The van der Waals surface area contributed by atoms with E-state index in [1.165, 1.54) is 4.90 Å². The van der Waals surface area contributed by atoms with E-state index >= 15 is 0 Å². The third kappa shape index (κ3) is 12.2. The lowest BCUT2D eigenvalue weighted by Crippen LogP contribution is -2.60. The average molecular weight is 438 g/mol. The maximum absolute atomic E-state index is 11.3. The fourth-order valence-corrected chi connectivity index (χ4v) is 17.2. The van der Waals surface area contributed by atoms with Crippen molar-refractivity contribution in [2.75, 3.05) is 13.1 Å². The van der Waals surface area contributed by atoms with Gasteiger partial charge in [0, 0.05) is 19.1 Å². The van der Waals surface area contributed by atoms with Crippen LogP contribution in [-0.4, -0.2) is 62.9 Å². The Bertz CT molecular complexity index is 428. The van der Waals surface area contributed by atoms with Gasteiger partial charge in [0.25, 0.3) is 0 Å². The highest BCUT2D eigenvalue weighted by atomic mass is 28.5. The van der Waals surface area contributed by atoms with Crippen molar-refractivity contribution in [3.05, 3.63) is 12.7 Å². The van der Waals surface area contributed by atoms with Crippen molar-refractivity contribution < 1.29 is 22.2 Å². The highest BCUT2D eigenvalue weighted by Gasteiger charge is 2.49. The van der Waals surface area contributed by atoms with Crippen LogP contribution in [0.15, 0.2) is 12.7 Å². The molecule has 0 rings (SSSR count). The lowest BCUT2D eigenvalue weighted by Gasteiger charge is -2.43. The summed E-state index contributed by atoms with van der Waals surface area (Å²) in [6.07, 6.45) is 1.33. The topological polar surface area (TPSA) is 68.2 Å². The van der Waals surface area contributed by atoms with E-state index < -0.39 is 39.8 Å². The predicted molar refractivity (Wildman–Crippen MR) is 118 cm³/mol. The molecule has 1 amide bonds. The first-order chi connectivity index (χ1) is 11.5. The molecule has 0 saturated carbocycles. The van der Waals surface area contributed by atoms with Crippen molar-refractivity contribution >= 4 is 39.8 Å². The second-order valence-electron chi connectivity index (χ2n) is 9.45. The summed E-state index contributed by atoms with van der Waals surface area (Å²) in [5.41, 5.74) is 0. The summed E-state index contributed by atoms with van der Waals surface area (Å²) in [6.45, 7) is 23.7. The Hall–Kier alpha value is -0.242. The molecule has 0 heterocycles. The van der Waals surface area contributed by atoms with Crippen LogP contribution in [0.4, 0.5) is 4.79 Å². The van der Waals surface area contributed by atoms with Gasteiger partial charge in [-0.15, -0.1) is 6.58 Å². The van der Waals surface area contributed by atoms with Gasteiger partial charge < -0.3 is 22.4 Å². The summed E-state index contributed by atoms with van der Waals surface area (Å²) in [7, 11) is -8.58. The second-order valence-corrected chi connectivity index (χ2v) is 26.4. The fraction of sp³-hybridized carbons (Fsp3) is 0.812. The predicted octanol–water partition coefficient (Wildman–Crippen LogP) is 5.04.